The first kappa shape index (κ1) is 32.7. The highest BCUT2D eigenvalue weighted by Crippen LogP contribution is 2.39. The molecule has 1 N–H and O–H groups in total. The van der Waals surface area contributed by atoms with Gasteiger partial charge in [0.25, 0.3) is 0 Å². The molecule has 0 amide bonds. The van der Waals surface area contributed by atoms with Crippen molar-refractivity contribution in [2.75, 3.05) is 7.11 Å². The minimum atomic E-state index is -1.23. The first-order valence-electron chi connectivity index (χ1n) is 13.5. The Morgan fingerprint density at radius 2 is 1.60 bits per heavy atom. The van der Waals surface area contributed by atoms with Crippen molar-refractivity contribution in [3.05, 3.63) is 58.7 Å². The molecule has 0 fully saturated rings. The van der Waals surface area contributed by atoms with Gasteiger partial charge in [0.15, 0.2) is 0 Å². The van der Waals surface area contributed by atoms with Gasteiger partial charge >= 0.3 is 5.97 Å². The summed E-state index contributed by atoms with van der Waals surface area (Å²) in [7, 11) is 1.18. The number of nitrogens with zero attached hydrogens (tertiary/aromatic N) is 1. The highest BCUT2D eigenvalue weighted by Gasteiger charge is 2.36. The summed E-state index contributed by atoms with van der Waals surface area (Å²) in [5.41, 5.74) is 1.72. The average molecular weight is 554 g/mol. The molecule has 2 rings (SSSR count). The van der Waals surface area contributed by atoms with Gasteiger partial charge in [0, 0.05) is 23.0 Å². The lowest BCUT2D eigenvalue weighted by Gasteiger charge is -2.25. The van der Waals surface area contributed by atoms with Crippen molar-refractivity contribution in [3.8, 4) is 11.1 Å². The van der Waals surface area contributed by atoms with Crippen LogP contribution in [0, 0.1) is 11.2 Å². The van der Waals surface area contributed by atoms with E-state index in [0.717, 1.165) is 0 Å². The molecule has 0 radical (unpaired) electrons. The number of aromatic nitrogens is 1. The minimum absolute atomic E-state index is 0.124. The van der Waals surface area contributed by atoms with Crippen molar-refractivity contribution < 1.29 is 33.4 Å². The number of methoxy groups -OCH3 is 1. The summed E-state index contributed by atoms with van der Waals surface area (Å²) >= 11 is 0. The van der Waals surface area contributed by atoms with Gasteiger partial charge < -0.3 is 9.84 Å². The zero-order chi connectivity index (χ0) is 30.4. The molecule has 1 aromatic heterocycles. The number of hydrogen-bond acceptors (Lipinski definition) is 7. The Morgan fingerprint density at radius 1 is 1.02 bits per heavy atom. The lowest BCUT2D eigenvalue weighted by Crippen LogP contribution is -2.32. The van der Waals surface area contributed by atoms with Crippen LogP contribution < -0.4 is 0 Å². The maximum absolute atomic E-state index is 14.0. The molecule has 0 spiro atoms. The van der Waals surface area contributed by atoms with E-state index in [9.17, 15) is 28.7 Å². The normalized spacial score (nSPS) is 12.7. The number of aliphatic hydroxyl groups is 1. The predicted molar refractivity (Wildman–Crippen MR) is 153 cm³/mol. The van der Waals surface area contributed by atoms with Crippen LogP contribution in [-0.2, 0) is 19.1 Å². The van der Waals surface area contributed by atoms with Gasteiger partial charge in [-0.1, -0.05) is 72.8 Å². The molecule has 7 nitrogen and oxygen atoms in total. The molecule has 8 heteroatoms. The van der Waals surface area contributed by atoms with Crippen molar-refractivity contribution in [2.24, 2.45) is 5.41 Å². The van der Waals surface area contributed by atoms with E-state index < -0.39 is 47.1 Å². The maximum Gasteiger partial charge on any atom is 0.313 e. The molecule has 40 heavy (non-hydrogen) atoms. The van der Waals surface area contributed by atoms with Crippen molar-refractivity contribution in [2.45, 2.75) is 85.7 Å². The van der Waals surface area contributed by atoms with Gasteiger partial charge in [-0.05, 0) is 36.0 Å². The lowest BCUT2D eigenvalue weighted by atomic mass is 9.78. The van der Waals surface area contributed by atoms with Crippen LogP contribution in [0.1, 0.15) is 107 Å². The quantitative estimate of drug-likeness (QED) is 0.136. The summed E-state index contributed by atoms with van der Waals surface area (Å²) in [5.74, 6) is -3.22. The van der Waals surface area contributed by atoms with E-state index in [4.69, 9.17) is 4.98 Å². The van der Waals surface area contributed by atoms with Crippen molar-refractivity contribution in [3.63, 3.8) is 0 Å². The topological polar surface area (TPSA) is 111 Å². The Kier molecular flexibility index (Phi) is 11.2. The first-order chi connectivity index (χ1) is 18.6. The van der Waals surface area contributed by atoms with E-state index in [1.54, 1.807) is 32.1 Å². The zero-order valence-electron chi connectivity index (χ0n) is 24.6. The van der Waals surface area contributed by atoms with Crippen molar-refractivity contribution in [1.29, 1.82) is 0 Å². The second kappa shape index (κ2) is 13.7. The van der Waals surface area contributed by atoms with Crippen LogP contribution in [-0.4, -0.2) is 46.6 Å². The number of Topliss-reactive ketones (excluding diaryl/α,β-unsaturated/α-hetero) is 3. The predicted octanol–water partition coefficient (Wildman–Crippen LogP) is 6.22. The first-order valence-corrected chi connectivity index (χ1v) is 13.5. The minimum Gasteiger partial charge on any atom is -0.469 e. The fraction of sp³-hybridized carbons (Fsp3) is 0.469. The van der Waals surface area contributed by atoms with Crippen LogP contribution in [0.2, 0.25) is 0 Å². The summed E-state index contributed by atoms with van der Waals surface area (Å²) in [6.45, 7) is 12.9. The summed E-state index contributed by atoms with van der Waals surface area (Å²) in [6, 6.07) is 5.64. The monoisotopic (exact) mass is 553 g/mol. The number of halogens is 1. The van der Waals surface area contributed by atoms with Gasteiger partial charge in [0.1, 0.15) is 18.0 Å². The summed E-state index contributed by atoms with van der Waals surface area (Å²) < 4.78 is 18.5. The smallest absolute Gasteiger partial charge is 0.313 e. The third-order valence-corrected chi connectivity index (χ3v) is 6.94. The number of carbonyl (C=O) groups excluding carboxylic acids is 4. The summed E-state index contributed by atoms with van der Waals surface area (Å²) in [6.07, 6.45) is 1.41. The summed E-state index contributed by atoms with van der Waals surface area (Å²) in [5, 5.41) is 10.6. The molecule has 0 saturated heterocycles. The van der Waals surface area contributed by atoms with Crippen LogP contribution in [0.15, 0.2) is 30.3 Å². The standard InChI is InChI=1S/C32H40FNO6/c1-9-32(6,7)31(39)30(38)27-26(20-10-12-21(33)13-11-20)24(28(18(2)3)34-29(27)19(4)5)15-14-22(35)16-23(36)17-25(37)40-8/h10-15,18-19,22,35H,9,16-17H2,1-8H3/b15-14+. The van der Waals surface area contributed by atoms with Crippen molar-refractivity contribution in [1.82, 2.24) is 4.98 Å². The van der Waals surface area contributed by atoms with E-state index >= 15 is 0 Å². The molecule has 0 bridgehead atoms. The van der Waals surface area contributed by atoms with Gasteiger partial charge in [-0.3, -0.25) is 24.2 Å². The second-order valence-electron chi connectivity index (χ2n) is 11.2. The fourth-order valence-corrected chi connectivity index (χ4v) is 4.20. The highest BCUT2D eigenvalue weighted by atomic mass is 19.1. The molecule has 1 aromatic carbocycles. The fourth-order valence-electron chi connectivity index (χ4n) is 4.20. The molecule has 0 saturated carbocycles. The van der Waals surface area contributed by atoms with Crippen molar-refractivity contribution >= 4 is 29.4 Å². The maximum atomic E-state index is 14.0. The molecular formula is C32H40FNO6. The summed E-state index contributed by atoms with van der Waals surface area (Å²) in [4.78, 5) is 55.9. The largest absolute Gasteiger partial charge is 0.469 e. The Bertz CT molecular complexity index is 1290. The third-order valence-electron chi connectivity index (χ3n) is 6.94. The molecular weight excluding hydrogens is 513 g/mol. The van der Waals surface area contributed by atoms with Gasteiger partial charge in [-0.15, -0.1) is 0 Å². The Balaban J connectivity index is 2.88. The lowest BCUT2D eigenvalue weighted by molar-refractivity contribution is -0.143. The number of rotatable bonds is 13. The second-order valence-corrected chi connectivity index (χ2v) is 11.2. The molecule has 0 aliphatic heterocycles. The number of pyridine rings is 1. The van der Waals surface area contributed by atoms with Gasteiger partial charge in [-0.2, -0.15) is 0 Å². The number of aliphatic hydroxyl groups excluding tert-OH is 1. The number of ketones is 3. The molecule has 1 heterocycles. The number of benzene rings is 1. The molecule has 0 aliphatic rings. The van der Waals surface area contributed by atoms with Crippen LogP contribution >= 0.6 is 0 Å². The van der Waals surface area contributed by atoms with E-state index in [1.165, 1.54) is 25.3 Å². The molecule has 1 atom stereocenters. The molecule has 0 aliphatic carbocycles. The SMILES string of the molecule is CCC(C)(C)C(=O)C(=O)c1c(C(C)C)nc(C(C)C)c(/C=C/C(O)CC(=O)CC(=O)OC)c1-c1ccc(F)cc1. The number of carbonyl (C=O) groups is 4. The van der Waals surface area contributed by atoms with E-state index in [0.29, 0.717) is 34.5 Å². The molecule has 216 valence electrons. The molecule has 1 unspecified atom stereocenters. The average Bonchev–Trinajstić information content (AvgIpc) is 2.90. The third kappa shape index (κ3) is 7.78. The van der Waals surface area contributed by atoms with Crippen LogP contribution in [0.4, 0.5) is 4.39 Å². The number of ether oxygens (including phenoxy) is 1. The van der Waals surface area contributed by atoms with Crippen LogP contribution in [0.25, 0.3) is 17.2 Å². The zero-order valence-corrected chi connectivity index (χ0v) is 24.6. The highest BCUT2D eigenvalue weighted by molar-refractivity contribution is 6.46. The van der Waals surface area contributed by atoms with Gasteiger partial charge in [-0.25, -0.2) is 4.39 Å². The molecule has 2 aromatic rings. The van der Waals surface area contributed by atoms with E-state index in [2.05, 4.69) is 4.74 Å². The Hall–Kier alpha value is -3.52. The number of hydrogen-bond donors (Lipinski definition) is 1. The van der Waals surface area contributed by atoms with Crippen LogP contribution in [0.5, 0.6) is 0 Å². The van der Waals surface area contributed by atoms with E-state index in [-0.39, 0.29) is 23.8 Å². The van der Waals surface area contributed by atoms with Gasteiger partial charge in [0.2, 0.25) is 11.6 Å². The van der Waals surface area contributed by atoms with Gasteiger partial charge in [0.05, 0.1) is 30.2 Å². The number of esters is 1. The Labute approximate surface area is 235 Å². The Morgan fingerprint density at radius 3 is 2.10 bits per heavy atom. The van der Waals surface area contributed by atoms with Crippen LogP contribution in [0.3, 0.4) is 0 Å². The van der Waals surface area contributed by atoms with E-state index in [1.807, 2.05) is 34.6 Å².